The highest BCUT2D eigenvalue weighted by Gasteiger charge is 2.33. The molecule has 0 radical (unpaired) electrons. The van der Waals surface area contributed by atoms with E-state index in [1.54, 1.807) is 23.2 Å². The number of amides is 2. The lowest BCUT2D eigenvalue weighted by molar-refractivity contribution is -0.121. The molecule has 3 rings (SSSR count). The number of aromatic nitrogens is 3. The number of pyridine rings is 1. The number of likely N-dealkylation sites (tertiary alicyclic amines) is 1. The van der Waals surface area contributed by atoms with Crippen LogP contribution in [0.1, 0.15) is 34.6 Å². The number of hydrogen-bond acceptors (Lipinski definition) is 6. The van der Waals surface area contributed by atoms with Gasteiger partial charge in [0.2, 0.25) is 11.0 Å². The average Bonchev–Trinajstić information content (AvgIpc) is 3.00. The molecule has 1 unspecified atom stereocenters. The van der Waals surface area contributed by atoms with Gasteiger partial charge in [-0.2, -0.15) is 0 Å². The van der Waals surface area contributed by atoms with Gasteiger partial charge >= 0.3 is 0 Å². The number of piperidine rings is 1. The topological polar surface area (TPSA) is 88.1 Å². The Morgan fingerprint density at radius 2 is 2.22 bits per heavy atom. The highest BCUT2D eigenvalue weighted by molar-refractivity contribution is 7.15. The number of hydrogen-bond donors (Lipinski definition) is 1. The Balaban J connectivity index is 1.75. The summed E-state index contributed by atoms with van der Waals surface area (Å²) in [6, 6.07) is 2.95. The molecule has 0 aromatic carbocycles. The lowest BCUT2D eigenvalue weighted by atomic mass is 10.0. The van der Waals surface area contributed by atoms with E-state index < -0.39 is 6.04 Å². The lowest BCUT2D eigenvalue weighted by Crippen LogP contribution is -2.50. The van der Waals surface area contributed by atoms with Crippen LogP contribution in [0.2, 0.25) is 0 Å². The summed E-state index contributed by atoms with van der Waals surface area (Å²) in [5.74, 6) is -0.371. The van der Waals surface area contributed by atoms with E-state index in [9.17, 15) is 9.59 Å². The first-order valence-electron chi connectivity index (χ1n) is 7.47. The van der Waals surface area contributed by atoms with Gasteiger partial charge in [-0.05, 0) is 38.3 Å². The maximum atomic E-state index is 12.7. The van der Waals surface area contributed by atoms with E-state index in [-0.39, 0.29) is 11.8 Å². The number of carbonyl (C=O) groups excluding carboxylic acids is 2. The molecule has 1 atom stereocenters. The molecule has 1 saturated heterocycles. The first kappa shape index (κ1) is 15.5. The van der Waals surface area contributed by atoms with Crippen LogP contribution in [-0.4, -0.2) is 44.5 Å². The molecule has 2 amide bonds. The Morgan fingerprint density at radius 1 is 1.35 bits per heavy atom. The Morgan fingerprint density at radius 3 is 2.91 bits per heavy atom. The summed E-state index contributed by atoms with van der Waals surface area (Å²) in [7, 11) is 0. The quantitative estimate of drug-likeness (QED) is 0.927. The van der Waals surface area contributed by atoms with Gasteiger partial charge in [0, 0.05) is 18.9 Å². The molecular formula is C15H17N5O2S. The van der Waals surface area contributed by atoms with Crippen LogP contribution in [0.25, 0.3) is 0 Å². The molecule has 0 aliphatic carbocycles. The highest BCUT2D eigenvalue weighted by Crippen LogP contribution is 2.22. The fourth-order valence-corrected chi connectivity index (χ4v) is 3.23. The number of nitrogens with zero attached hydrogens (tertiary/aromatic N) is 4. The van der Waals surface area contributed by atoms with Gasteiger partial charge < -0.3 is 4.90 Å². The molecule has 1 aliphatic heterocycles. The van der Waals surface area contributed by atoms with Crippen LogP contribution in [0.4, 0.5) is 5.13 Å². The molecule has 7 nitrogen and oxygen atoms in total. The average molecular weight is 331 g/mol. The Hall–Kier alpha value is -2.35. The Kier molecular flexibility index (Phi) is 4.61. The van der Waals surface area contributed by atoms with E-state index >= 15 is 0 Å². The second-order valence-electron chi connectivity index (χ2n) is 5.37. The monoisotopic (exact) mass is 331 g/mol. The molecule has 8 heteroatoms. The van der Waals surface area contributed by atoms with Gasteiger partial charge in [-0.25, -0.2) is 0 Å². The zero-order valence-electron chi connectivity index (χ0n) is 12.7. The molecule has 1 N–H and O–H groups in total. The Labute approximate surface area is 137 Å². The van der Waals surface area contributed by atoms with Gasteiger partial charge in [-0.1, -0.05) is 11.3 Å². The van der Waals surface area contributed by atoms with Crippen molar-refractivity contribution < 1.29 is 9.59 Å². The molecule has 2 aromatic rings. The SMILES string of the molecule is Cc1nnc(NC(=O)C2CCCCN2C(=O)c2cccnc2)s1. The third-order valence-electron chi connectivity index (χ3n) is 3.73. The first-order valence-corrected chi connectivity index (χ1v) is 8.29. The van der Waals surface area contributed by atoms with Crippen LogP contribution in [0.5, 0.6) is 0 Å². The molecular weight excluding hydrogens is 314 g/mol. The van der Waals surface area contributed by atoms with E-state index in [0.29, 0.717) is 23.7 Å². The minimum absolute atomic E-state index is 0.161. The number of nitrogens with one attached hydrogen (secondary N) is 1. The van der Waals surface area contributed by atoms with E-state index in [0.717, 1.165) is 17.8 Å². The normalized spacial score (nSPS) is 17.8. The smallest absolute Gasteiger partial charge is 0.256 e. The van der Waals surface area contributed by atoms with Gasteiger partial charge in [-0.3, -0.25) is 19.9 Å². The van der Waals surface area contributed by atoms with Crippen molar-refractivity contribution in [1.29, 1.82) is 0 Å². The van der Waals surface area contributed by atoms with Crippen molar-refractivity contribution in [2.75, 3.05) is 11.9 Å². The highest BCUT2D eigenvalue weighted by atomic mass is 32.1. The third kappa shape index (κ3) is 3.53. The fourth-order valence-electron chi connectivity index (χ4n) is 2.64. The number of aryl methyl sites for hydroxylation is 1. The minimum atomic E-state index is -0.485. The summed E-state index contributed by atoms with van der Waals surface area (Å²) in [6.07, 6.45) is 5.61. The molecule has 0 saturated carbocycles. The van der Waals surface area contributed by atoms with Gasteiger partial charge in [0.15, 0.2) is 0 Å². The largest absolute Gasteiger partial charge is 0.327 e. The van der Waals surface area contributed by atoms with Gasteiger partial charge in [0.1, 0.15) is 11.0 Å². The summed E-state index contributed by atoms with van der Waals surface area (Å²) < 4.78 is 0. The van der Waals surface area contributed by atoms with Gasteiger partial charge in [-0.15, -0.1) is 10.2 Å². The van der Waals surface area contributed by atoms with E-state index in [1.165, 1.54) is 17.5 Å². The van der Waals surface area contributed by atoms with Crippen LogP contribution >= 0.6 is 11.3 Å². The van der Waals surface area contributed by atoms with Crippen molar-refractivity contribution in [2.24, 2.45) is 0 Å². The Bertz CT molecular complexity index is 703. The van der Waals surface area contributed by atoms with Crippen molar-refractivity contribution in [1.82, 2.24) is 20.1 Å². The van der Waals surface area contributed by atoms with Crippen LogP contribution in [-0.2, 0) is 4.79 Å². The van der Waals surface area contributed by atoms with Crippen LogP contribution in [0.3, 0.4) is 0 Å². The van der Waals surface area contributed by atoms with Crippen LogP contribution in [0.15, 0.2) is 24.5 Å². The standard InChI is InChI=1S/C15H17N5O2S/c1-10-18-19-15(23-10)17-13(21)12-6-2-3-8-20(12)14(22)11-5-4-7-16-9-11/h4-5,7,9,12H,2-3,6,8H2,1H3,(H,17,19,21). The third-order valence-corrected chi connectivity index (χ3v) is 4.49. The predicted octanol–water partition coefficient (Wildman–Crippen LogP) is 1.87. The molecule has 1 aliphatic rings. The summed E-state index contributed by atoms with van der Waals surface area (Å²) in [4.78, 5) is 30.8. The number of carbonyl (C=O) groups is 2. The van der Waals surface area contributed by atoms with E-state index in [1.807, 2.05) is 6.92 Å². The second-order valence-corrected chi connectivity index (χ2v) is 6.55. The first-order chi connectivity index (χ1) is 11.1. The summed E-state index contributed by atoms with van der Waals surface area (Å²) in [5, 5.41) is 11.8. The van der Waals surface area contributed by atoms with E-state index in [4.69, 9.17) is 0 Å². The maximum absolute atomic E-state index is 12.7. The molecule has 120 valence electrons. The van der Waals surface area contributed by atoms with Crippen molar-refractivity contribution >= 4 is 28.3 Å². The summed E-state index contributed by atoms with van der Waals surface area (Å²) in [6.45, 7) is 2.40. The summed E-state index contributed by atoms with van der Waals surface area (Å²) >= 11 is 1.32. The maximum Gasteiger partial charge on any atom is 0.256 e. The molecule has 1 fully saturated rings. The van der Waals surface area contributed by atoms with Gasteiger partial charge in [0.05, 0.1) is 5.56 Å². The summed E-state index contributed by atoms with van der Waals surface area (Å²) in [5.41, 5.74) is 0.499. The molecule has 0 bridgehead atoms. The zero-order valence-corrected chi connectivity index (χ0v) is 13.5. The number of rotatable bonds is 3. The van der Waals surface area contributed by atoms with Gasteiger partial charge in [0.25, 0.3) is 5.91 Å². The van der Waals surface area contributed by atoms with Crippen molar-refractivity contribution in [2.45, 2.75) is 32.2 Å². The fraction of sp³-hybridized carbons (Fsp3) is 0.400. The van der Waals surface area contributed by atoms with E-state index in [2.05, 4.69) is 20.5 Å². The second kappa shape index (κ2) is 6.82. The molecule has 0 spiro atoms. The van der Waals surface area contributed by atoms with Crippen molar-refractivity contribution in [3.63, 3.8) is 0 Å². The molecule has 3 heterocycles. The van der Waals surface area contributed by atoms with Crippen LogP contribution in [0, 0.1) is 6.92 Å². The minimum Gasteiger partial charge on any atom is -0.327 e. The number of anilines is 1. The molecule has 23 heavy (non-hydrogen) atoms. The zero-order chi connectivity index (χ0) is 16.2. The predicted molar refractivity (Wildman–Crippen MR) is 86.2 cm³/mol. The van der Waals surface area contributed by atoms with Crippen LogP contribution < -0.4 is 5.32 Å². The van der Waals surface area contributed by atoms with Crippen molar-refractivity contribution in [3.8, 4) is 0 Å². The molecule has 2 aromatic heterocycles. The lowest BCUT2D eigenvalue weighted by Gasteiger charge is -2.34. The van der Waals surface area contributed by atoms with Crippen molar-refractivity contribution in [3.05, 3.63) is 35.1 Å².